The van der Waals surface area contributed by atoms with Gasteiger partial charge in [0.15, 0.2) is 0 Å². The molecule has 0 aliphatic rings. The second kappa shape index (κ2) is 20.9. The summed E-state index contributed by atoms with van der Waals surface area (Å²) >= 11 is 5.87. The summed E-state index contributed by atoms with van der Waals surface area (Å²) in [6.07, 6.45) is 5.44. The van der Waals surface area contributed by atoms with Crippen LogP contribution < -0.4 is 10.6 Å². The van der Waals surface area contributed by atoms with Gasteiger partial charge in [-0.1, -0.05) is 163 Å². The molecule has 6 heteroatoms. The second-order valence-corrected chi connectivity index (χ2v) is 14.9. The third-order valence-electron chi connectivity index (χ3n) is 10.2. The highest BCUT2D eigenvalue weighted by atomic mass is 35.5. The molecule has 0 aliphatic heterocycles. The summed E-state index contributed by atoms with van der Waals surface area (Å²) in [4.78, 5) is 15.7. The lowest BCUT2D eigenvalue weighted by atomic mass is 10.0. The van der Waals surface area contributed by atoms with Crippen molar-refractivity contribution in [3.05, 3.63) is 260 Å². The Labute approximate surface area is 374 Å². The number of aromatic nitrogens is 3. The van der Waals surface area contributed by atoms with Crippen LogP contribution >= 0.6 is 11.6 Å². The minimum absolute atomic E-state index is 0.739. The molecule has 0 aliphatic carbocycles. The van der Waals surface area contributed by atoms with Gasteiger partial charge in [0.05, 0.1) is 22.8 Å². The van der Waals surface area contributed by atoms with Gasteiger partial charge in [-0.2, -0.15) is 0 Å². The van der Waals surface area contributed by atoms with Crippen molar-refractivity contribution in [3.63, 3.8) is 0 Å². The monoisotopic (exact) mass is 833 g/mol. The van der Waals surface area contributed by atoms with Crippen LogP contribution in [0.25, 0.3) is 56.0 Å². The second-order valence-electron chi connectivity index (χ2n) is 14.4. The molecule has 7 aromatic carbocycles. The minimum atomic E-state index is 0.739. The largest absolute Gasteiger partial charge is 0.398 e. The Morgan fingerprint density at radius 2 is 0.730 bits per heavy atom. The van der Waals surface area contributed by atoms with Gasteiger partial charge in [-0.3, -0.25) is 15.0 Å². The normalized spacial score (nSPS) is 10.4. The van der Waals surface area contributed by atoms with Crippen LogP contribution in [0.15, 0.2) is 255 Å². The van der Waals surface area contributed by atoms with Crippen LogP contribution in [0.3, 0.4) is 0 Å². The Hall–Kier alpha value is -8.12. The third kappa shape index (κ3) is 10.8. The molecule has 10 aromatic rings. The van der Waals surface area contributed by atoms with Crippen LogP contribution in [0.2, 0.25) is 5.02 Å². The van der Waals surface area contributed by atoms with E-state index in [0.29, 0.717) is 0 Å². The maximum absolute atomic E-state index is 5.87. The Balaban J connectivity index is 0.000000169. The molecule has 0 spiro atoms. The summed E-state index contributed by atoms with van der Waals surface area (Å²) < 4.78 is 0. The smallest absolute Gasteiger partial charge is 0.0702 e. The van der Waals surface area contributed by atoms with Crippen molar-refractivity contribution in [1.82, 2.24) is 15.0 Å². The fraction of sp³-hybridized carbons (Fsp3) is 0. The van der Waals surface area contributed by atoms with E-state index in [0.717, 1.165) is 72.7 Å². The van der Waals surface area contributed by atoms with E-state index >= 15 is 0 Å². The van der Waals surface area contributed by atoms with Crippen molar-refractivity contribution in [2.75, 3.05) is 10.6 Å². The summed E-state index contributed by atoms with van der Waals surface area (Å²) in [7, 11) is 0. The van der Waals surface area contributed by atoms with Crippen molar-refractivity contribution < 1.29 is 0 Å². The van der Waals surface area contributed by atoms with Crippen molar-refractivity contribution >= 4 is 34.4 Å². The molecule has 10 rings (SSSR count). The lowest BCUT2D eigenvalue weighted by Crippen LogP contribution is -2.11. The van der Waals surface area contributed by atoms with Gasteiger partial charge in [0.25, 0.3) is 0 Å². The molecule has 3 heterocycles. The number of benzene rings is 7. The topological polar surface area (TPSA) is 67.9 Å². The fourth-order valence-corrected chi connectivity index (χ4v) is 7.38. The van der Waals surface area contributed by atoms with Gasteiger partial charge < -0.3 is 10.6 Å². The molecule has 63 heavy (non-hydrogen) atoms. The number of nitrogens with two attached hydrogens (primary N) is 1. The molecule has 0 atom stereocenters. The van der Waals surface area contributed by atoms with E-state index in [4.69, 9.17) is 17.3 Å². The molecule has 3 aromatic heterocycles. The first kappa shape index (κ1) is 41.6. The van der Waals surface area contributed by atoms with Crippen molar-refractivity contribution in [1.29, 1.82) is 0 Å². The van der Waals surface area contributed by atoms with Crippen LogP contribution in [0.5, 0.6) is 0 Å². The highest BCUT2D eigenvalue weighted by Gasteiger charge is 2.18. The van der Waals surface area contributed by atoms with Gasteiger partial charge in [0.2, 0.25) is 0 Å². The Morgan fingerprint density at radius 1 is 0.333 bits per heavy atom. The molecular formula is C57H44ClN5. The first-order chi connectivity index (χ1) is 31.1. The van der Waals surface area contributed by atoms with E-state index in [2.05, 4.69) is 135 Å². The first-order valence-electron chi connectivity index (χ1n) is 20.7. The van der Waals surface area contributed by atoms with E-state index in [1.54, 1.807) is 6.20 Å². The lowest BCUT2D eigenvalue weighted by Gasteiger charge is -2.28. The standard InChI is InChI=1S/C34H25N3.C12H11N.C11H8ClN/c1-2-12-26(13-3-1)31-18-4-5-21-34(31)37(29-16-10-14-27(24-29)32-19-6-8-22-35-32)30-17-11-15-28(25-30)33-20-7-9-23-36-33;13-12-9-5-4-8-11(12)10-6-2-1-3-7-10;12-10-5-3-4-9(8-10)11-6-1-2-7-13-11/h1-25H;1-9H,13H2;1-8H. The number of hydrogen-bond donors (Lipinski definition) is 1. The molecule has 0 unspecified atom stereocenters. The highest BCUT2D eigenvalue weighted by Crippen LogP contribution is 2.42. The van der Waals surface area contributed by atoms with E-state index < -0.39 is 0 Å². The number of para-hydroxylation sites is 2. The maximum atomic E-state index is 5.87. The molecule has 304 valence electrons. The molecule has 2 N–H and O–H groups in total. The number of halogens is 1. The third-order valence-corrected chi connectivity index (χ3v) is 10.4. The molecule has 0 amide bonds. The number of pyridine rings is 3. The molecule has 0 saturated carbocycles. The van der Waals surface area contributed by atoms with Crippen LogP contribution in [0, 0.1) is 0 Å². The average Bonchev–Trinajstić information content (AvgIpc) is 3.36. The zero-order chi connectivity index (χ0) is 43.1. The Bertz CT molecular complexity index is 2880. The number of anilines is 4. The first-order valence-corrected chi connectivity index (χ1v) is 21.0. The quantitative estimate of drug-likeness (QED) is 0.154. The minimum Gasteiger partial charge on any atom is -0.398 e. The summed E-state index contributed by atoms with van der Waals surface area (Å²) in [6, 6.07) is 79.8. The van der Waals surface area contributed by atoms with Crippen LogP contribution in [0.4, 0.5) is 22.7 Å². The summed E-state index contributed by atoms with van der Waals surface area (Å²) in [5, 5.41) is 0.739. The Morgan fingerprint density at radius 3 is 1.21 bits per heavy atom. The van der Waals surface area contributed by atoms with Crippen LogP contribution in [-0.4, -0.2) is 15.0 Å². The van der Waals surface area contributed by atoms with Gasteiger partial charge in [0, 0.05) is 68.5 Å². The Kier molecular flexibility index (Phi) is 13.8. The predicted octanol–water partition coefficient (Wildman–Crippen LogP) is 15.3. The maximum Gasteiger partial charge on any atom is 0.0702 e. The number of hydrogen-bond acceptors (Lipinski definition) is 5. The number of nitrogen functional groups attached to an aromatic ring is 1. The fourth-order valence-electron chi connectivity index (χ4n) is 7.19. The van der Waals surface area contributed by atoms with Gasteiger partial charge in [-0.05, 0) is 96.1 Å². The molecule has 0 fully saturated rings. The van der Waals surface area contributed by atoms with Crippen LogP contribution in [0.1, 0.15) is 0 Å². The summed E-state index contributed by atoms with van der Waals surface area (Å²) in [5.74, 6) is 0. The van der Waals surface area contributed by atoms with Gasteiger partial charge >= 0.3 is 0 Å². The number of rotatable bonds is 8. The molecule has 5 nitrogen and oxygen atoms in total. The molecule has 0 radical (unpaired) electrons. The summed E-state index contributed by atoms with van der Waals surface area (Å²) in [6.45, 7) is 0. The molecule has 0 saturated heterocycles. The van der Waals surface area contributed by atoms with E-state index in [1.807, 2.05) is 134 Å². The van der Waals surface area contributed by atoms with E-state index in [-0.39, 0.29) is 0 Å². The molecular weight excluding hydrogens is 790 g/mol. The predicted molar refractivity (Wildman–Crippen MR) is 264 cm³/mol. The van der Waals surface area contributed by atoms with Crippen molar-refractivity contribution in [2.45, 2.75) is 0 Å². The SMILES string of the molecule is Clc1cccc(-c2ccccn2)c1.Nc1ccccc1-c1ccccc1.c1ccc(-c2ccccc2N(c2cccc(-c3ccccn3)c2)c2cccc(-c3ccccn3)c2)cc1. The van der Waals surface area contributed by atoms with Crippen molar-refractivity contribution in [2.24, 2.45) is 0 Å². The van der Waals surface area contributed by atoms with Crippen LogP contribution in [-0.2, 0) is 0 Å². The lowest BCUT2D eigenvalue weighted by molar-refractivity contribution is 1.27. The van der Waals surface area contributed by atoms with Crippen molar-refractivity contribution in [3.8, 4) is 56.0 Å². The zero-order valence-corrected chi connectivity index (χ0v) is 35.2. The van der Waals surface area contributed by atoms with E-state index in [1.165, 1.54) is 11.1 Å². The van der Waals surface area contributed by atoms with Gasteiger partial charge in [0.1, 0.15) is 0 Å². The number of nitrogens with zero attached hydrogens (tertiary/aromatic N) is 4. The van der Waals surface area contributed by atoms with E-state index in [9.17, 15) is 0 Å². The average molecular weight is 834 g/mol. The summed E-state index contributed by atoms with van der Waals surface area (Å²) in [5.41, 5.74) is 20.5. The van der Waals surface area contributed by atoms with Gasteiger partial charge in [-0.15, -0.1) is 0 Å². The highest BCUT2D eigenvalue weighted by molar-refractivity contribution is 6.30. The zero-order valence-electron chi connectivity index (χ0n) is 34.5. The van der Waals surface area contributed by atoms with Gasteiger partial charge in [-0.25, -0.2) is 0 Å². The molecule has 0 bridgehead atoms.